The molecule has 0 bridgehead atoms. The Kier molecular flexibility index (Phi) is 1.93. The van der Waals surface area contributed by atoms with Crippen LogP contribution < -0.4 is 0 Å². The average Bonchev–Trinajstić information content (AvgIpc) is 2.46. The van der Waals surface area contributed by atoms with E-state index in [2.05, 4.69) is 4.98 Å². The average molecular weight is 189 g/mol. The quantitative estimate of drug-likeness (QED) is 0.686. The number of benzene rings is 1. The zero-order chi connectivity index (χ0) is 10.1. The predicted molar refractivity (Wildman–Crippen MR) is 50.0 cm³/mol. The molecule has 1 heterocycles. The molecular weight excluding hydrogens is 181 g/mol. The summed E-state index contributed by atoms with van der Waals surface area (Å²) < 4.78 is 15.0. The SMILES string of the molecule is Cn1c(CC#N)nc2cccc(F)c21. The zero-order valence-electron chi connectivity index (χ0n) is 7.66. The maximum atomic E-state index is 13.4. The predicted octanol–water partition coefficient (Wildman–Crippen LogP) is 1.78. The van der Waals surface area contributed by atoms with Gasteiger partial charge in [0, 0.05) is 7.05 Å². The van der Waals surface area contributed by atoms with Crippen LogP contribution in [0.4, 0.5) is 4.39 Å². The molecule has 4 heteroatoms. The van der Waals surface area contributed by atoms with E-state index in [1.54, 1.807) is 23.7 Å². The van der Waals surface area contributed by atoms with E-state index in [0.717, 1.165) is 0 Å². The maximum absolute atomic E-state index is 13.4. The molecule has 0 aliphatic rings. The van der Waals surface area contributed by atoms with Gasteiger partial charge in [0.25, 0.3) is 0 Å². The molecule has 14 heavy (non-hydrogen) atoms. The molecule has 0 aliphatic heterocycles. The molecule has 0 fully saturated rings. The summed E-state index contributed by atoms with van der Waals surface area (Å²) in [6.07, 6.45) is 0.199. The van der Waals surface area contributed by atoms with Crippen LogP contribution in [0.5, 0.6) is 0 Å². The number of aryl methyl sites for hydroxylation is 1. The van der Waals surface area contributed by atoms with Crippen molar-refractivity contribution in [2.75, 3.05) is 0 Å². The number of nitrogens with zero attached hydrogens (tertiary/aromatic N) is 3. The largest absolute Gasteiger partial charge is 0.328 e. The fraction of sp³-hybridized carbons (Fsp3) is 0.200. The van der Waals surface area contributed by atoms with Gasteiger partial charge in [-0.1, -0.05) is 6.07 Å². The van der Waals surface area contributed by atoms with Crippen LogP contribution in [0, 0.1) is 17.1 Å². The summed E-state index contributed by atoms with van der Waals surface area (Å²) in [7, 11) is 1.71. The van der Waals surface area contributed by atoms with Crippen molar-refractivity contribution < 1.29 is 4.39 Å². The van der Waals surface area contributed by atoms with Crippen molar-refractivity contribution in [1.82, 2.24) is 9.55 Å². The van der Waals surface area contributed by atoms with Crippen LogP contribution in [0.3, 0.4) is 0 Å². The molecule has 1 aromatic carbocycles. The van der Waals surface area contributed by atoms with Crippen LogP contribution in [-0.4, -0.2) is 9.55 Å². The van der Waals surface area contributed by atoms with Gasteiger partial charge in [-0.25, -0.2) is 9.37 Å². The smallest absolute Gasteiger partial charge is 0.149 e. The second-order valence-corrected chi connectivity index (χ2v) is 3.03. The molecule has 70 valence electrons. The van der Waals surface area contributed by atoms with Gasteiger partial charge >= 0.3 is 0 Å². The van der Waals surface area contributed by atoms with E-state index in [-0.39, 0.29) is 12.2 Å². The second kappa shape index (κ2) is 3.11. The number of imidazole rings is 1. The Hall–Kier alpha value is -1.89. The Morgan fingerprint density at radius 1 is 1.57 bits per heavy atom. The molecule has 2 aromatic rings. The summed E-state index contributed by atoms with van der Waals surface area (Å²) >= 11 is 0. The van der Waals surface area contributed by atoms with Crippen molar-refractivity contribution in [2.45, 2.75) is 6.42 Å². The third kappa shape index (κ3) is 1.14. The van der Waals surface area contributed by atoms with E-state index < -0.39 is 0 Å². The van der Waals surface area contributed by atoms with Gasteiger partial charge in [-0.15, -0.1) is 0 Å². The minimum Gasteiger partial charge on any atom is -0.328 e. The normalized spacial score (nSPS) is 10.4. The number of hydrogen-bond donors (Lipinski definition) is 0. The molecule has 0 N–H and O–H groups in total. The standard InChI is InChI=1S/C10H8FN3/c1-14-9(5-6-12)13-8-4-2-3-7(11)10(8)14/h2-4H,5H2,1H3. The first-order valence-electron chi connectivity index (χ1n) is 4.21. The van der Waals surface area contributed by atoms with Gasteiger partial charge in [0.15, 0.2) is 0 Å². The first-order valence-corrected chi connectivity index (χ1v) is 4.21. The van der Waals surface area contributed by atoms with Crippen LogP contribution in [0.15, 0.2) is 18.2 Å². The molecule has 0 saturated heterocycles. The second-order valence-electron chi connectivity index (χ2n) is 3.03. The van der Waals surface area contributed by atoms with E-state index in [4.69, 9.17) is 5.26 Å². The summed E-state index contributed by atoms with van der Waals surface area (Å²) in [6, 6.07) is 6.74. The number of rotatable bonds is 1. The van der Waals surface area contributed by atoms with E-state index in [1.807, 2.05) is 6.07 Å². The van der Waals surface area contributed by atoms with Crippen LogP contribution in [-0.2, 0) is 13.5 Å². The molecule has 0 unspecified atom stereocenters. The van der Waals surface area contributed by atoms with Gasteiger partial charge in [0.05, 0.1) is 18.0 Å². The van der Waals surface area contributed by atoms with Crippen LogP contribution in [0.25, 0.3) is 11.0 Å². The van der Waals surface area contributed by atoms with Gasteiger partial charge in [-0.05, 0) is 12.1 Å². The Morgan fingerprint density at radius 2 is 2.36 bits per heavy atom. The summed E-state index contributed by atoms with van der Waals surface area (Å²) in [5, 5.41) is 8.54. The number of hydrogen-bond acceptors (Lipinski definition) is 2. The fourth-order valence-corrected chi connectivity index (χ4v) is 1.50. The van der Waals surface area contributed by atoms with E-state index in [0.29, 0.717) is 16.9 Å². The lowest BCUT2D eigenvalue weighted by Crippen LogP contribution is -1.97. The Bertz CT molecular complexity index is 522. The Labute approximate surface area is 80.4 Å². The molecule has 0 saturated carbocycles. The topological polar surface area (TPSA) is 41.6 Å². The van der Waals surface area contributed by atoms with E-state index >= 15 is 0 Å². The molecular formula is C10H8FN3. The van der Waals surface area contributed by atoms with Crippen molar-refractivity contribution in [1.29, 1.82) is 5.26 Å². The molecule has 0 spiro atoms. The van der Waals surface area contributed by atoms with Crippen molar-refractivity contribution in [3.63, 3.8) is 0 Å². The minimum atomic E-state index is -0.304. The summed E-state index contributed by atoms with van der Waals surface area (Å²) in [6.45, 7) is 0. The third-order valence-electron chi connectivity index (χ3n) is 2.17. The molecule has 3 nitrogen and oxygen atoms in total. The highest BCUT2D eigenvalue weighted by Crippen LogP contribution is 2.18. The lowest BCUT2D eigenvalue weighted by Gasteiger charge is -1.97. The number of fused-ring (bicyclic) bond motifs is 1. The van der Waals surface area contributed by atoms with Gasteiger partial charge in [-0.3, -0.25) is 0 Å². The lowest BCUT2D eigenvalue weighted by molar-refractivity contribution is 0.630. The zero-order valence-corrected chi connectivity index (χ0v) is 7.66. The molecule has 2 rings (SSSR count). The molecule has 0 amide bonds. The molecule has 0 aliphatic carbocycles. The van der Waals surface area contributed by atoms with E-state index in [9.17, 15) is 4.39 Å². The lowest BCUT2D eigenvalue weighted by atomic mass is 10.3. The summed E-state index contributed by atoms with van der Waals surface area (Å²) in [4.78, 5) is 4.16. The number of para-hydroxylation sites is 1. The van der Waals surface area contributed by atoms with E-state index in [1.165, 1.54) is 6.07 Å². The Morgan fingerprint density at radius 3 is 3.00 bits per heavy atom. The third-order valence-corrected chi connectivity index (χ3v) is 2.17. The van der Waals surface area contributed by atoms with Crippen molar-refractivity contribution >= 4 is 11.0 Å². The van der Waals surface area contributed by atoms with Crippen molar-refractivity contribution in [3.8, 4) is 6.07 Å². The van der Waals surface area contributed by atoms with Gasteiger partial charge in [-0.2, -0.15) is 5.26 Å². The van der Waals surface area contributed by atoms with Crippen molar-refractivity contribution in [3.05, 3.63) is 29.8 Å². The van der Waals surface area contributed by atoms with Crippen LogP contribution >= 0.6 is 0 Å². The maximum Gasteiger partial charge on any atom is 0.149 e. The van der Waals surface area contributed by atoms with Gasteiger partial charge in [0.1, 0.15) is 17.2 Å². The number of halogens is 1. The Balaban J connectivity index is 2.75. The fourth-order valence-electron chi connectivity index (χ4n) is 1.50. The van der Waals surface area contributed by atoms with Gasteiger partial charge < -0.3 is 4.57 Å². The highest BCUT2D eigenvalue weighted by molar-refractivity contribution is 5.76. The van der Waals surface area contributed by atoms with Gasteiger partial charge in [0.2, 0.25) is 0 Å². The highest BCUT2D eigenvalue weighted by Gasteiger charge is 2.10. The molecule has 0 radical (unpaired) electrons. The van der Waals surface area contributed by atoms with Crippen LogP contribution in [0.1, 0.15) is 5.82 Å². The highest BCUT2D eigenvalue weighted by atomic mass is 19.1. The number of nitriles is 1. The molecule has 0 atom stereocenters. The first-order chi connectivity index (χ1) is 6.74. The van der Waals surface area contributed by atoms with Crippen molar-refractivity contribution in [2.24, 2.45) is 7.05 Å². The minimum absolute atomic E-state index is 0.199. The number of aromatic nitrogens is 2. The summed E-state index contributed by atoms with van der Waals surface area (Å²) in [5.74, 6) is 0.286. The monoisotopic (exact) mass is 189 g/mol. The first kappa shape index (κ1) is 8.70. The van der Waals surface area contributed by atoms with Crippen LogP contribution in [0.2, 0.25) is 0 Å². The summed E-state index contributed by atoms with van der Waals surface area (Å²) in [5.41, 5.74) is 1.05. The molecule has 1 aromatic heterocycles.